The fraction of sp³-hybridized carbons (Fsp3) is 0.964. The number of nitrogens with one attached hydrogen (secondary N) is 1. The Kier molecular flexibility index (Phi) is 22.0. The minimum Gasteiger partial charge on any atom is -0.391 e. The van der Waals surface area contributed by atoms with Crippen LogP contribution < -0.4 is 5.32 Å². The normalized spacial score (nSPS) is 15.3. The molecule has 37 heavy (non-hydrogen) atoms. The van der Waals surface area contributed by atoms with Crippen LogP contribution in [0.25, 0.3) is 0 Å². The molecule has 0 bridgehead atoms. The number of aliphatic hydroxyl groups excluding tert-OH is 1. The minimum absolute atomic E-state index is 0.0757. The molecule has 0 aromatic heterocycles. The minimum atomic E-state index is -4.27. The van der Waals surface area contributed by atoms with E-state index in [1.165, 1.54) is 64.2 Å². The van der Waals surface area contributed by atoms with Gasteiger partial charge >= 0.3 is 7.82 Å². The third-order valence-electron chi connectivity index (χ3n) is 6.61. The maximum absolute atomic E-state index is 12.3. The average Bonchev–Trinajstić information content (AvgIpc) is 2.82. The van der Waals surface area contributed by atoms with E-state index in [9.17, 15) is 19.4 Å². The predicted molar refractivity (Wildman–Crippen MR) is 152 cm³/mol. The summed E-state index contributed by atoms with van der Waals surface area (Å²) in [6, 6.07) is -0.746. The van der Waals surface area contributed by atoms with Crippen molar-refractivity contribution in [2.75, 3.05) is 40.9 Å². The molecular formula is C28H60N2O6P+. The monoisotopic (exact) mass is 551 g/mol. The van der Waals surface area contributed by atoms with E-state index >= 15 is 0 Å². The van der Waals surface area contributed by atoms with Crippen LogP contribution in [0.15, 0.2) is 0 Å². The summed E-state index contributed by atoms with van der Waals surface area (Å²) in [7, 11) is 1.61. The van der Waals surface area contributed by atoms with Crippen LogP contribution in [0.2, 0.25) is 0 Å². The second-order valence-corrected chi connectivity index (χ2v) is 12.9. The van der Waals surface area contributed by atoms with Crippen molar-refractivity contribution in [3.8, 4) is 0 Å². The van der Waals surface area contributed by atoms with Gasteiger partial charge in [-0.05, 0) is 12.8 Å². The second-order valence-electron chi connectivity index (χ2n) is 11.5. The van der Waals surface area contributed by atoms with E-state index in [4.69, 9.17) is 9.05 Å². The Hall–Kier alpha value is -0.500. The number of quaternary nitrogens is 1. The van der Waals surface area contributed by atoms with Crippen LogP contribution in [0.1, 0.15) is 123 Å². The third kappa shape index (κ3) is 24.3. The van der Waals surface area contributed by atoms with Crippen LogP contribution in [0.4, 0.5) is 0 Å². The van der Waals surface area contributed by atoms with E-state index in [-0.39, 0.29) is 19.1 Å². The van der Waals surface area contributed by atoms with E-state index in [2.05, 4.69) is 12.2 Å². The largest absolute Gasteiger partial charge is 0.472 e. The lowest BCUT2D eigenvalue weighted by molar-refractivity contribution is -0.870. The zero-order valence-electron chi connectivity index (χ0n) is 24.7. The molecule has 0 fully saturated rings. The average molecular weight is 552 g/mol. The molecule has 0 spiro atoms. The number of aliphatic hydroxyl groups is 1. The molecule has 0 saturated heterocycles. The van der Waals surface area contributed by atoms with Crippen LogP contribution in [0.3, 0.4) is 0 Å². The molecule has 3 unspecified atom stereocenters. The Morgan fingerprint density at radius 1 is 0.811 bits per heavy atom. The summed E-state index contributed by atoms with van der Waals surface area (Å²) in [5.41, 5.74) is 0. The first kappa shape index (κ1) is 36.5. The van der Waals surface area contributed by atoms with Gasteiger partial charge in [-0.15, -0.1) is 0 Å². The standard InChI is InChI=1S/C28H59N2O6P/c1-6-8-10-11-12-13-14-15-16-17-18-19-20-21-27(31)26(29-28(32)22-9-7-2)25-36-37(33,34)35-24-23-30(3,4)5/h26-27,31H,6-25H2,1-5H3,(H-,29,32,33,34)/p+1. The first-order chi connectivity index (χ1) is 17.5. The Labute approximate surface area is 228 Å². The molecule has 0 aliphatic rings. The molecule has 8 nitrogen and oxygen atoms in total. The highest BCUT2D eigenvalue weighted by Gasteiger charge is 2.28. The van der Waals surface area contributed by atoms with Crippen LogP contribution in [-0.4, -0.2) is 73.4 Å². The molecule has 3 N–H and O–H groups in total. The first-order valence-electron chi connectivity index (χ1n) is 14.9. The summed E-state index contributed by atoms with van der Waals surface area (Å²) in [6.07, 6.45) is 17.9. The molecule has 0 aliphatic heterocycles. The maximum Gasteiger partial charge on any atom is 0.472 e. The number of nitrogens with zero attached hydrogens (tertiary/aromatic N) is 1. The molecule has 222 valence electrons. The van der Waals surface area contributed by atoms with E-state index < -0.39 is 20.0 Å². The van der Waals surface area contributed by atoms with Crippen molar-refractivity contribution in [3.05, 3.63) is 0 Å². The van der Waals surface area contributed by atoms with Crippen LogP contribution in [0.5, 0.6) is 0 Å². The number of hydrogen-bond donors (Lipinski definition) is 3. The SMILES string of the molecule is CCCCCCCCCCCCCCCC(O)C(COP(=O)(O)OCC[N+](C)(C)C)NC(=O)CCCC. The number of unbranched alkanes of at least 4 members (excludes halogenated alkanes) is 13. The number of phosphoric acid groups is 1. The van der Waals surface area contributed by atoms with Crippen molar-refractivity contribution >= 4 is 13.7 Å². The number of carbonyl (C=O) groups excluding carboxylic acids is 1. The van der Waals surface area contributed by atoms with Crippen molar-refractivity contribution in [1.82, 2.24) is 5.32 Å². The molecule has 3 atom stereocenters. The zero-order chi connectivity index (χ0) is 28.0. The summed E-state index contributed by atoms with van der Waals surface area (Å²) in [5, 5.41) is 13.5. The quantitative estimate of drug-likeness (QED) is 0.0658. The molecule has 0 heterocycles. The summed E-state index contributed by atoms with van der Waals surface area (Å²) >= 11 is 0. The van der Waals surface area contributed by atoms with Crippen molar-refractivity contribution in [2.24, 2.45) is 0 Å². The van der Waals surface area contributed by atoms with Crippen LogP contribution in [0, 0.1) is 0 Å². The first-order valence-corrected chi connectivity index (χ1v) is 16.4. The van der Waals surface area contributed by atoms with Crippen molar-refractivity contribution in [1.29, 1.82) is 0 Å². The Bertz CT molecular complexity index is 600. The molecule has 0 saturated carbocycles. The number of rotatable bonds is 26. The van der Waals surface area contributed by atoms with Gasteiger partial charge in [-0.3, -0.25) is 13.8 Å². The zero-order valence-corrected chi connectivity index (χ0v) is 25.6. The van der Waals surface area contributed by atoms with Gasteiger partial charge in [0, 0.05) is 6.42 Å². The highest BCUT2D eigenvalue weighted by atomic mass is 31.2. The van der Waals surface area contributed by atoms with Gasteiger partial charge in [-0.2, -0.15) is 0 Å². The number of amides is 1. The molecule has 0 aromatic rings. The lowest BCUT2D eigenvalue weighted by Gasteiger charge is -2.26. The maximum atomic E-state index is 12.3. The molecule has 0 rings (SSSR count). The molecular weight excluding hydrogens is 491 g/mol. The van der Waals surface area contributed by atoms with Crippen LogP contribution >= 0.6 is 7.82 Å². The van der Waals surface area contributed by atoms with Gasteiger partial charge in [0.2, 0.25) is 5.91 Å². The van der Waals surface area contributed by atoms with Gasteiger partial charge in [-0.1, -0.05) is 104 Å². The van der Waals surface area contributed by atoms with E-state index in [0.29, 0.717) is 23.9 Å². The van der Waals surface area contributed by atoms with Gasteiger partial charge in [0.1, 0.15) is 13.2 Å². The summed E-state index contributed by atoms with van der Waals surface area (Å²) < 4.78 is 23.1. The van der Waals surface area contributed by atoms with Gasteiger partial charge in [0.25, 0.3) is 0 Å². The highest BCUT2D eigenvalue weighted by Crippen LogP contribution is 2.43. The predicted octanol–water partition coefficient (Wildman–Crippen LogP) is 6.34. The fourth-order valence-electron chi connectivity index (χ4n) is 4.08. The lowest BCUT2D eigenvalue weighted by Crippen LogP contribution is -2.46. The van der Waals surface area contributed by atoms with Crippen LogP contribution in [-0.2, 0) is 18.4 Å². The molecule has 1 amide bonds. The fourth-order valence-corrected chi connectivity index (χ4v) is 4.82. The van der Waals surface area contributed by atoms with Crippen molar-refractivity contribution in [2.45, 2.75) is 135 Å². The second kappa shape index (κ2) is 22.3. The Morgan fingerprint density at radius 2 is 1.30 bits per heavy atom. The van der Waals surface area contributed by atoms with Crippen molar-refractivity contribution < 1.29 is 32.9 Å². The number of hydrogen-bond acceptors (Lipinski definition) is 5. The van der Waals surface area contributed by atoms with Gasteiger partial charge in [0.15, 0.2) is 0 Å². The summed E-state index contributed by atoms with van der Waals surface area (Å²) in [6.45, 7) is 4.61. The molecule has 0 aromatic carbocycles. The summed E-state index contributed by atoms with van der Waals surface area (Å²) in [4.78, 5) is 22.3. The van der Waals surface area contributed by atoms with Gasteiger partial charge in [0.05, 0.1) is 39.9 Å². The third-order valence-corrected chi connectivity index (χ3v) is 7.59. The van der Waals surface area contributed by atoms with E-state index in [1.807, 2.05) is 28.1 Å². The molecule has 0 radical (unpaired) electrons. The van der Waals surface area contributed by atoms with Crippen molar-refractivity contribution in [3.63, 3.8) is 0 Å². The highest BCUT2D eigenvalue weighted by molar-refractivity contribution is 7.47. The number of phosphoric ester groups is 1. The topological polar surface area (TPSA) is 105 Å². The lowest BCUT2D eigenvalue weighted by atomic mass is 10.0. The molecule has 0 aliphatic carbocycles. The smallest absolute Gasteiger partial charge is 0.391 e. The molecule has 9 heteroatoms. The number of carbonyl (C=O) groups is 1. The summed E-state index contributed by atoms with van der Waals surface area (Å²) in [5.74, 6) is -0.182. The van der Waals surface area contributed by atoms with Gasteiger partial charge < -0.3 is 19.8 Å². The van der Waals surface area contributed by atoms with Gasteiger partial charge in [-0.25, -0.2) is 4.57 Å². The Balaban J connectivity index is 4.31. The Morgan fingerprint density at radius 3 is 1.78 bits per heavy atom. The number of likely N-dealkylation sites (N-methyl/N-ethyl adjacent to an activating group) is 1. The van der Waals surface area contributed by atoms with E-state index in [1.54, 1.807) is 0 Å². The van der Waals surface area contributed by atoms with E-state index in [0.717, 1.165) is 32.1 Å².